The molecule has 1 radical (unpaired) electrons. The second kappa shape index (κ2) is 2.74. The first-order chi connectivity index (χ1) is 3.39. The quantitative estimate of drug-likeness (QED) is 0.477. The van der Waals surface area contributed by atoms with Crippen molar-refractivity contribution in [1.82, 2.24) is 0 Å². The zero-order valence-corrected chi connectivity index (χ0v) is 6.23. The summed E-state index contributed by atoms with van der Waals surface area (Å²) in [4.78, 5) is 0.911. The molecule has 41 valence electrons. The van der Waals surface area contributed by atoms with Gasteiger partial charge in [0.25, 0.3) is 0 Å². The number of rotatable bonds is 0. The first kappa shape index (κ1) is 5.65. The molecule has 0 aromatic carbocycles. The van der Waals surface area contributed by atoms with Gasteiger partial charge in [0.2, 0.25) is 0 Å². The topological polar surface area (TPSA) is 0 Å². The van der Waals surface area contributed by atoms with Gasteiger partial charge in [0.15, 0.2) is 0 Å². The van der Waals surface area contributed by atoms with Gasteiger partial charge in [0.1, 0.15) is 0 Å². The predicted octanol–water partition coefficient (Wildman–Crippen LogP) is 1.91. The van der Waals surface area contributed by atoms with Crippen LogP contribution in [0.4, 0.5) is 0 Å². The second-order valence-corrected chi connectivity index (χ2v) is 3.66. The van der Waals surface area contributed by atoms with Crippen molar-refractivity contribution >= 4 is 16.0 Å². The molecule has 0 aromatic rings. The Kier molecular flexibility index (Phi) is 2.21. The molecule has 1 saturated carbocycles. The molecule has 0 atom stereocenters. The van der Waals surface area contributed by atoms with Crippen molar-refractivity contribution in [3.8, 4) is 0 Å². The van der Waals surface area contributed by atoms with Crippen molar-refractivity contribution in [2.75, 3.05) is 0 Å². The van der Waals surface area contributed by atoms with Gasteiger partial charge in [0, 0.05) is 0 Å². The molecular formula is C6H11Se. The summed E-state index contributed by atoms with van der Waals surface area (Å²) < 4.78 is 0. The Hall–Kier alpha value is 0.519. The molecule has 7 heavy (non-hydrogen) atoms. The molecule has 1 fully saturated rings. The molecule has 1 heteroatoms. The monoisotopic (exact) mass is 163 g/mol. The van der Waals surface area contributed by atoms with Gasteiger partial charge in [-0.05, 0) is 0 Å². The molecular weight excluding hydrogens is 151 g/mol. The Morgan fingerprint density at radius 2 is 1.57 bits per heavy atom. The van der Waals surface area contributed by atoms with Crippen LogP contribution in [-0.2, 0) is 0 Å². The Morgan fingerprint density at radius 3 is 1.86 bits per heavy atom. The molecule has 1 aliphatic carbocycles. The minimum atomic E-state index is 0.911. The van der Waals surface area contributed by atoms with Gasteiger partial charge in [-0.15, -0.1) is 0 Å². The van der Waals surface area contributed by atoms with Crippen LogP contribution in [0.25, 0.3) is 0 Å². The summed E-state index contributed by atoms with van der Waals surface area (Å²) in [6.45, 7) is 0. The van der Waals surface area contributed by atoms with Gasteiger partial charge in [-0.3, -0.25) is 0 Å². The average Bonchev–Trinajstić information content (AvgIpc) is 1.69. The molecule has 0 nitrogen and oxygen atoms in total. The van der Waals surface area contributed by atoms with E-state index in [1.165, 1.54) is 32.1 Å². The Labute approximate surface area is 53.5 Å². The fraction of sp³-hybridized carbons (Fsp3) is 1.00. The van der Waals surface area contributed by atoms with Crippen LogP contribution in [0.3, 0.4) is 0 Å². The van der Waals surface area contributed by atoms with E-state index in [0.717, 1.165) is 4.82 Å². The van der Waals surface area contributed by atoms with E-state index in [0.29, 0.717) is 0 Å². The summed E-state index contributed by atoms with van der Waals surface area (Å²) >= 11 is 3.18. The molecule has 0 N–H and O–H groups in total. The third-order valence-electron chi connectivity index (χ3n) is 1.55. The fourth-order valence-corrected chi connectivity index (χ4v) is 1.76. The van der Waals surface area contributed by atoms with Crippen LogP contribution in [-0.4, -0.2) is 16.0 Å². The summed E-state index contributed by atoms with van der Waals surface area (Å²) in [5.41, 5.74) is 0. The number of hydrogen-bond donors (Lipinski definition) is 0. The van der Waals surface area contributed by atoms with Gasteiger partial charge >= 0.3 is 52.9 Å². The molecule has 0 aromatic heterocycles. The van der Waals surface area contributed by atoms with Gasteiger partial charge in [0.05, 0.1) is 0 Å². The standard InChI is InChI=1S/C6H11Se/c7-6-4-2-1-3-5-6/h6H,1-5H2. The van der Waals surface area contributed by atoms with Crippen molar-refractivity contribution in [2.24, 2.45) is 0 Å². The van der Waals surface area contributed by atoms with E-state index in [1.54, 1.807) is 0 Å². The van der Waals surface area contributed by atoms with Crippen molar-refractivity contribution in [2.45, 2.75) is 36.9 Å². The zero-order valence-electron chi connectivity index (χ0n) is 4.52. The van der Waals surface area contributed by atoms with E-state index >= 15 is 0 Å². The molecule has 0 saturated heterocycles. The van der Waals surface area contributed by atoms with Crippen LogP contribution in [0, 0.1) is 0 Å². The van der Waals surface area contributed by atoms with Gasteiger partial charge in [-0.1, -0.05) is 0 Å². The minimum absolute atomic E-state index is 0.911. The van der Waals surface area contributed by atoms with Crippen molar-refractivity contribution in [1.29, 1.82) is 0 Å². The van der Waals surface area contributed by atoms with Gasteiger partial charge in [-0.25, -0.2) is 0 Å². The SMILES string of the molecule is [Se]C1CCCCC1. The molecule has 1 aliphatic rings. The molecule has 0 heterocycles. The average molecular weight is 162 g/mol. The number of hydrogen-bond acceptors (Lipinski definition) is 0. The van der Waals surface area contributed by atoms with Crippen LogP contribution in [0.15, 0.2) is 0 Å². The molecule has 0 spiro atoms. The summed E-state index contributed by atoms with van der Waals surface area (Å²) in [6.07, 6.45) is 7.24. The Morgan fingerprint density at radius 1 is 1.00 bits per heavy atom. The molecule has 0 unspecified atom stereocenters. The van der Waals surface area contributed by atoms with Crippen LogP contribution in [0.1, 0.15) is 32.1 Å². The Bertz CT molecular complexity index is 46.1. The zero-order chi connectivity index (χ0) is 5.11. The van der Waals surface area contributed by atoms with Crippen LogP contribution in [0.2, 0.25) is 4.82 Å². The van der Waals surface area contributed by atoms with E-state index in [2.05, 4.69) is 16.0 Å². The molecule has 0 bridgehead atoms. The van der Waals surface area contributed by atoms with Crippen LogP contribution < -0.4 is 0 Å². The van der Waals surface area contributed by atoms with Crippen molar-refractivity contribution in [3.05, 3.63) is 0 Å². The molecule has 1 rings (SSSR count). The van der Waals surface area contributed by atoms with E-state index in [-0.39, 0.29) is 0 Å². The van der Waals surface area contributed by atoms with Crippen LogP contribution in [0.5, 0.6) is 0 Å². The first-order valence-electron chi connectivity index (χ1n) is 3.05. The third-order valence-corrected chi connectivity index (χ3v) is 2.54. The van der Waals surface area contributed by atoms with E-state index in [9.17, 15) is 0 Å². The summed E-state index contributed by atoms with van der Waals surface area (Å²) in [5.74, 6) is 0. The van der Waals surface area contributed by atoms with E-state index < -0.39 is 0 Å². The van der Waals surface area contributed by atoms with Crippen molar-refractivity contribution < 1.29 is 0 Å². The summed E-state index contributed by atoms with van der Waals surface area (Å²) in [5, 5.41) is 0. The summed E-state index contributed by atoms with van der Waals surface area (Å²) in [6, 6.07) is 0. The molecule has 0 aliphatic heterocycles. The van der Waals surface area contributed by atoms with Crippen molar-refractivity contribution in [3.63, 3.8) is 0 Å². The maximum absolute atomic E-state index is 3.18. The van der Waals surface area contributed by atoms with Gasteiger partial charge < -0.3 is 0 Å². The summed E-state index contributed by atoms with van der Waals surface area (Å²) in [7, 11) is 0. The second-order valence-electron chi connectivity index (χ2n) is 2.26. The Balaban J connectivity index is 2.12. The first-order valence-corrected chi connectivity index (χ1v) is 4.04. The van der Waals surface area contributed by atoms with Gasteiger partial charge in [-0.2, -0.15) is 0 Å². The van der Waals surface area contributed by atoms with E-state index in [1.807, 2.05) is 0 Å². The maximum atomic E-state index is 3.18. The predicted molar refractivity (Wildman–Crippen MR) is 32.6 cm³/mol. The normalized spacial score (nSPS) is 25.3. The third kappa shape index (κ3) is 1.83. The molecule has 0 amide bonds. The van der Waals surface area contributed by atoms with E-state index in [4.69, 9.17) is 0 Å². The van der Waals surface area contributed by atoms with Crippen LogP contribution >= 0.6 is 0 Å². The fourth-order valence-electron chi connectivity index (χ4n) is 1.07.